The summed E-state index contributed by atoms with van der Waals surface area (Å²) in [6, 6.07) is 6.22. The van der Waals surface area contributed by atoms with E-state index < -0.39 is 17.8 Å². The molecule has 0 saturated carbocycles. The van der Waals surface area contributed by atoms with E-state index in [4.69, 9.17) is 4.74 Å². The number of likely N-dealkylation sites (tertiary alicyclic amines) is 1. The average Bonchev–Trinajstić information content (AvgIpc) is 3.29. The number of alkyl halides is 3. The molecule has 1 fully saturated rings. The first-order valence-electron chi connectivity index (χ1n) is 11.4. The summed E-state index contributed by atoms with van der Waals surface area (Å²) in [4.78, 5) is 18.7. The molecular formula is C25H33BrF3N5O2. The minimum atomic E-state index is -4.62. The van der Waals surface area contributed by atoms with E-state index in [2.05, 4.69) is 50.3 Å². The monoisotopic (exact) mass is 571 g/mol. The van der Waals surface area contributed by atoms with Gasteiger partial charge in [0.05, 0.1) is 15.9 Å². The lowest BCUT2D eigenvalue weighted by Crippen LogP contribution is -2.36. The van der Waals surface area contributed by atoms with E-state index in [0.717, 1.165) is 23.8 Å². The van der Waals surface area contributed by atoms with Crippen LogP contribution in [0.5, 0.6) is 5.75 Å². The highest BCUT2D eigenvalue weighted by atomic mass is 79.9. The molecule has 0 radical (unpaired) electrons. The molecule has 0 unspecified atom stereocenters. The van der Waals surface area contributed by atoms with Crippen molar-refractivity contribution < 1.29 is 22.7 Å². The number of amides is 2. The van der Waals surface area contributed by atoms with Gasteiger partial charge in [-0.05, 0) is 66.2 Å². The van der Waals surface area contributed by atoms with Gasteiger partial charge in [-0.3, -0.25) is 4.40 Å². The van der Waals surface area contributed by atoms with Gasteiger partial charge in [0.15, 0.2) is 5.65 Å². The second kappa shape index (κ2) is 13.0. The molecule has 198 valence electrons. The zero-order chi connectivity index (χ0) is 25.6. The maximum Gasteiger partial charge on any atom is 0.420 e. The van der Waals surface area contributed by atoms with Crippen molar-refractivity contribution in [2.24, 2.45) is 0 Å². The normalized spacial score (nSPS) is 14.4. The number of hydrogen-bond acceptors (Lipinski definition) is 4. The van der Waals surface area contributed by atoms with E-state index in [9.17, 15) is 18.0 Å². The van der Waals surface area contributed by atoms with Crippen molar-refractivity contribution in [1.29, 1.82) is 0 Å². The zero-order valence-corrected chi connectivity index (χ0v) is 21.4. The molecule has 3 aromatic rings. The Morgan fingerprint density at radius 2 is 1.83 bits per heavy atom. The van der Waals surface area contributed by atoms with Crippen molar-refractivity contribution in [3.05, 3.63) is 52.9 Å². The van der Waals surface area contributed by atoms with E-state index >= 15 is 0 Å². The van der Waals surface area contributed by atoms with Gasteiger partial charge in [-0.15, -0.1) is 0 Å². The third-order valence-corrected chi connectivity index (χ3v) is 5.90. The number of halogens is 4. The maximum absolute atomic E-state index is 13.7. The number of imidazole rings is 1. The molecule has 4 rings (SSSR count). The summed E-state index contributed by atoms with van der Waals surface area (Å²) < 4.78 is 49.2. The molecule has 11 heteroatoms. The van der Waals surface area contributed by atoms with Gasteiger partial charge in [0.25, 0.3) is 0 Å². The van der Waals surface area contributed by atoms with Crippen LogP contribution in [0, 0.1) is 0 Å². The molecule has 0 aliphatic carbocycles. The molecule has 0 bridgehead atoms. The fourth-order valence-electron chi connectivity index (χ4n) is 3.58. The molecule has 0 spiro atoms. The van der Waals surface area contributed by atoms with Crippen LogP contribution in [0.25, 0.3) is 5.65 Å². The molecule has 2 aromatic heterocycles. The highest BCUT2D eigenvalue weighted by Crippen LogP contribution is 2.39. The summed E-state index contributed by atoms with van der Waals surface area (Å²) in [7, 11) is 1.97. The van der Waals surface area contributed by atoms with E-state index in [1.165, 1.54) is 18.6 Å². The van der Waals surface area contributed by atoms with Crippen LogP contribution < -0.4 is 15.4 Å². The molecule has 0 atom stereocenters. The van der Waals surface area contributed by atoms with Crippen molar-refractivity contribution in [2.75, 3.05) is 30.8 Å². The summed E-state index contributed by atoms with van der Waals surface area (Å²) in [5.41, 5.74) is -0.0168. The quantitative estimate of drug-likeness (QED) is 0.323. The summed E-state index contributed by atoms with van der Waals surface area (Å²) in [6.45, 7) is 5.79. The smallest absolute Gasteiger partial charge is 0.420 e. The van der Waals surface area contributed by atoms with Crippen molar-refractivity contribution in [3.63, 3.8) is 0 Å². The Morgan fingerprint density at radius 1 is 1.17 bits per heavy atom. The van der Waals surface area contributed by atoms with Crippen LogP contribution in [0.3, 0.4) is 0 Å². The zero-order valence-electron chi connectivity index (χ0n) is 19.8. The number of nitrogens with one attached hydrogen (secondary N) is 2. The van der Waals surface area contributed by atoms with Gasteiger partial charge in [-0.2, -0.15) is 13.2 Å². The first-order chi connectivity index (χ1) is 16.6. The molecule has 2 amide bonds. The number of nitrogens with zero attached hydrogens (tertiary/aromatic N) is 3. The van der Waals surface area contributed by atoms with E-state index in [1.54, 1.807) is 28.9 Å². The van der Waals surface area contributed by atoms with Gasteiger partial charge in [0, 0.05) is 31.2 Å². The van der Waals surface area contributed by atoms with Crippen LogP contribution in [0.15, 0.2) is 47.3 Å². The third kappa shape index (κ3) is 7.60. The van der Waals surface area contributed by atoms with Gasteiger partial charge in [0.1, 0.15) is 11.9 Å². The van der Waals surface area contributed by atoms with Gasteiger partial charge in [-0.1, -0.05) is 27.7 Å². The maximum atomic E-state index is 13.7. The minimum Gasteiger partial charge on any atom is -0.490 e. The molecule has 1 aromatic carbocycles. The predicted octanol–water partition coefficient (Wildman–Crippen LogP) is 7.29. The largest absolute Gasteiger partial charge is 0.490 e. The van der Waals surface area contributed by atoms with Gasteiger partial charge >= 0.3 is 12.2 Å². The summed E-state index contributed by atoms with van der Waals surface area (Å²) in [5, 5.41) is 5.07. The van der Waals surface area contributed by atoms with E-state index in [0.29, 0.717) is 24.2 Å². The number of fused-ring (bicyclic) bond motifs is 1. The molecule has 1 aliphatic rings. The number of carbonyl (C=O) groups excluding carboxylic acids is 1. The number of anilines is 2. The SMILES string of the molecule is C.CCC.CN1CCC(Oc2ccc(NC(=O)Nc3ccc(Br)n4ccnc34)cc2C(F)(F)F)CC1. The number of pyridine rings is 1. The van der Waals surface area contributed by atoms with Crippen molar-refractivity contribution in [3.8, 4) is 5.75 Å². The van der Waals surface area contributed by atoms with Gasteiger partial charge in [0.2, 0.25) is 0 Å². The Hall–Kier alpha value is -2.79. The third-order valence-electron chi connectivity index (χ3n) is 5.25. The fourth-order valence-corrected chi connectivity index (χ4v) is 4.00. The molecule has 3 heterocycles. The van der Waals surface area contributed by atoms with Gasteiger partial charge < -0.3 is 20.3 Å². The van der Waals surface area contributed by atoms with Crippen LogP contribution >= 0.6 is 15.9 Å². The number of ether oxygens (including phenoxy) is 1. The fraction of sp³-hybridized carbons (Fsp3) is 0.440. The van der Waals surface area contributed by atoms with E-state index in [-0.39, 0.29) is 25.0 Å². The van der Waals surface area contributed by atoms with Gasteiger partial charge in [-0.25, -0.2) is 9.78 Å². The van der Waals surface area contributed by atoms with Crippen molar-refractivity contribution in [2.45, 2.75) is 52.8 Å². The number of urea groups is 1. The number of hydrogen-bond donors (Lipinski definition) is 2. The number of carbonyl (C=O) groups is 1. The molecule has 7 nitrogen and oxygen atoms in total. The Morgan fingerprint density at radius 3 is 2.47 bits per heavy atom. The van der Waals surface area contributed by atoms with Crippen molar-refractivity contribution >= 4 is 39.0 Å². The highest BCUT2D eigenvalue weighted by Gasteiger charge is 2.35. The standard InChI is InChI=1S/C21H21BrF3N5O2.C3H8.CH4/c1-29-9-6-14(7-10-29)32-17-4-2-13(12-15(17)21(23,24)25)27-20(31)28-16-3-5-18(22)30-11-8-26-19(16)30;1-3-2;/h2-5,8,11-12,14H,6-7,9-10H2,1H3,(H2,27,28,31);3H2,1-2H3;1H4. The van der Waals surface area contributed by atoms with Crippen LogP contribution in [0.2, 0.25) is 0 Å². The Bertz CT molecular complexity index is 1140. The molecule has 1 aliphatic heterocycles. The average molecular weight is 572 g/mol. The van der Waals surface area contributed by atoms with Crippen molar-refractivity contribution in [1.82, 2.24) is 14.3 Å². The number of benzene rings is 1. The lowest BCUT2D eigenvalue weighted by Gasteiger charge is -2.30. The van der Waals surface area contributed by atoms with Crippen LogP contribution in [0.4, 0.5) is 29.3 Å². The first kappa shape index (κ1) is 29.4. The van der Waals surface area contributed by atoms with Crippen LogP contribution in [0.1, 0.15) is 46.1 Å². The first-order valence-corrected chi connectivity index (χ1v) is 12.2. The molecule has 1 saturated heterocycles. The lowest BCUT2D eigenvalue weighted by atomic mass is 10.1. The molecular weight excluding hydrogens is 539 g/mol. The number of aromatic nitrogens is 2. The lowest BCUT2D eigenvalue weighted by molar-refractivity contribution is -0.139. The summed E-state index contributed by atoms with van der Waals surface area (Å²) >= 11 is 3.38. The summed E-state index contributed by atoms with van der Waals surface area (Å²) in [5.74, 6) is -0.231. The topological polar surface area (TPSA) is 70.9 Å². The number of rotatable bonds is 4. The highest BCUT2D eigenvalue weighted by molar-refractivity contribution is 9.10. The molecule has 2 N–H and O–H groups in total. The van der Waals surface area contributed by atoms with E-state index in [1.807, 2.05) is 7.05 Å². The second-order valence-corrected chi connectivity index (χ2v) is 9.12. The Kier molecular flexibility index (Phi) is 10.6. The minimum absolute atomic E-state index is 0. The van der Waals surface area contributed by atoms with Crippen LogP contribution in [-0.2, 0) is 6.18 Å². The second-order valence-electron chi connectivity index (χ2n) is 8.31. The number of piperidine rings is 1. The van der Waals surface area contributed by atoms with Crippen LogP contribution in [-0.4, -0.2) is 46.6 Å². The molecule has 36 heavy (non-hydrogen) atoms. The summed E-state index contributed by atoms with van der Waals surface area (Å²) in [6.07, 6.45) is 0.951. The predicted molar refractivity (Wildman–Crippen MR) is 141 cm³/mol. The Balaban J connectivity index is 0.00000109. The Labute approximate surface area is 218 Å².